The lowest BCUT2D eigenvalue weighted by Crippen LogP contribution is -2.56. The Bertz CT molecular complexity index is 869. The van der Waals surface area contributed by atoms with Gasteiger partial charge < -0.3 is 20.9 Å². The lowest BCUT2D eigenvalue weighted by Gasteiger charge is -2.35. The highest BCUT2D eigenvalue weighted by Crippen LogP contribution is 2.33. The predicted octanol–water partition coefficient (Wildman–Crippen LogP) is 1.72. The van der Waals surface area contributed by atoms with Gasteiger partial charge in [0.2, 0.25) is 17.7 Å². The monoisotopic (exact) mass is 444 g/mol. The van der Waals surface area contributed by atoms with Gasteiger partial charge in [0.25, 0.3) is 0 Å². The third-order valence-corrected chi connectivity index (χ3v) is 5.87. The summed E-state index contributed by atoms with van der Waals surface area (Å²) in [4.78, 5) is 51.6. The maximum absolute atomic E-state index is 13.1. The van der Waals surface area contributed by atoms with Gasteiger partial charge >= 0.3 is 0 Å². The number of likely N-dealkylation sites (tertiary alicyclic amines) is 1. The zero-order valence-electron chi connectivity index (χ0n) is 17.9. The second-order valence-electron chi connectivity index (χ2n) is 8.37. The lowest BCUT2D eigenvalue weighted by molar-refractivity contribution is -0.144. The number of nitrogens with zero attached hydrogens (tertiary/aromatic N) is 1. The van der Waals surface area contributed by atoms with E-state index in [1.807, 2.05) is 0 Å². The number of piperidine rings is 1. The minimum absolute atomic E-state index is 0.00106. The van der Waals surface area contributed by atoms with Crippen molar-refractivity contribution in [2.24, 2.45) is 5.92 Å². The standard InChI is InChI=1S/C23H29FN4O4/c24-17-8-4-15(5-9-17)14-26-21(30)19(11-10-18(29)13-25)27-22(31)20-3-1-2-12-28(20)23(32)16-6-7-16/h4-5,8-9,13,16,19-20,25H,1-3,6-7,10-12,14H2,(H,26,30)(H,27,31)/t19-,20-/m0/s1. The Morgan fingerprint density at radius 3 is 2.50 bits per heavy atom. The van der Waals surface area contributed by atoms with Crippen molar-refractivity contribution in [3.05, 3.63) is 35.6 Å². The van der Waals surface area contributed by atoms with Crippen molar-refractivity contribution in [2.75, 3.05) is 6.54 Å². The first-order valence-corrected chi connectivity index (χ1v) is 11.1. The molecule has 1 saturated carbocycles. The van der Waals surface area contributed by atoms with Crippen LogP contribution in [0.4, 0.5) is 4.39 Å². The number of halogens is 1. The molecule has 32 heavy (non-hydrogen) atoms. The van der Waals surface area contributed by atoms with Gasteiger partial charge in [-0.1, -0.05) is 12.1 Å². The van der Waals surface area contributed by atoms with Crippen molar-refractivity contribution in [3.63, 3.8) is 0 Å². The SMILES string of the molecule is N=CC(=O)CC[C@H](NC(=O)[C@@H]1CCCCN1C(=O)C1CC1)C(=O)NCc1ccc(F)cc1. The molecule has 0 unspecified atom stereocenters. The van der Waals surface area contributed by atoms with Gasteiger partial charge in [0.15, 0.2) is 5.78 Å². The highest BCUT2D eigenvalue weighted by molar-refractivity contribution is 6.26. The van der Waals surface area contributed by atoms with Crippen molar-refractivity contribution < 1.29 is 23.6 Å². The first-order valence-electron chi connectivity index (χ1n) is 11.1. The number of Topliss-reactive ketones (excluding diaryl/α,β-unsaturated/α-hetero) is 1. The molecule has 9 heteroatoms. The summed E-state index contributed by atoms with van der Waals surface area (Å²) in [5, 5.41) is 12.5. The van der Waals surface area contributed by atoms with Crippen LogP contribution in [0.3, 0.4) is 0 Å². The van der Waals surface area contributed by atoms with E-state index in [4.69, 9.17) is 5.41 Å². The minimum atomic E-state index is -0.980. The van der Waals surface area contributed by atoms with E-state index in [0.717, 1.165) is 25.7 Å². The molecule has 1 aromatic rings. The fourth-order valence-electron chi connectivity index (χ4n) is 3.84. The van der Waals surface area contributed by atoms with Crippen molar-refractivity contribution >= 4 is 29.7 Å². The number of nitrogens with one attached hydrogen (secondary N) is 3. The van der Waals surface area contributed by atoms with Crippen LogP contribution in [-0.2, 0) is 25.7 Å². The van der Waals surface area contributed by atoms with Gasteiger partial charge in [-0.2, -0.15) is 0 Å². The summed E-state index contributed by atoms with van der Waals surface area (Å²) in [5.74, 6) is -1.70. The molecular formula is C23H29FN4O4. The molecule has 0 bridgehead atoms. The lowest BCUT2D eigenvalue weighted by atomic mass is 9.99. The molecule has 3 rings (SSSR count). The van der Waals surface area contributed by atoms with E-state index < -0.39 is 29.7 Å². The maximum Gasteiger partial charge on any atom is 0.243 e. The van der Waals surface area contributed by atoms with E-state index >= 15 is 0 Å². The number of hydrogen-bond donors (Lipinski definition) is 3. The Labute approximate surface area is 186 Å². The third-order valence-electron chi connectivity index (χ3n) is 5.87. The summed E-state index contributed by atoms with van der Waals surface area (Å²) in [7, 11) is 0. The first-order chi connectivity index (χ1) is 15.4. The van der Waals surface area contributed by atoms with Gasteiger partial charge in [0.1, 0.15) is 17.9 Å². The van der Waals surface area contributed by atoms with Gasteiger partial charge in [-0.3, -0.25) is 19.2 Å². The van der Waals surface area contributed by atoms with Crippen LogP contribution in [0, 0.1) is 17.1 Å². The van der Waals surface area contributed by atoms with Gasteiger partial charge in [-0.05, 0) is 56.2 Å². The van der Waals surface area contributed by atoms with E-state index in [2.05, 4.69) is 10.6 Å². The largest absolute Gasteiger partial charge is 0.350 e. The van der Waals surface area contributed by atoms with E-state index in [1.165, 1.54) is 12.1 Å². The van der Waals surface area contributed by atoms with E-state index in [-0.39, 0.29) is 37.0 Å². The summed E-state index contributed by atoms with van der Waals surface area (Å²) in [6.45, 7) is 0.668. The molecule has 1 aliphatic carbocycles. The molecule has 8 nitrogen and oxygen atoms in total. The average molecular weight is 445 g/mol. The summed E-state index contributed by atoms with van der Waals surface area (Å²) in [6.07, 6.45) is 4.57. The average Bonchev–Trinajstić information content (AvgIpc) is 3.65. The number of carbonyl (C=O) groups excluding carboxylic acids is 4. The van der Waals surface area contributed by atoms with Crippen molar-refractivity contribution in [1.29, 1.82) is 5.41 Å². The fraction of sp³-hybridized carbons (Fsp3) is 0.522. The highest BCUT2D eigenvalue weighted by atomic mass is 19.1. The molecule has 1 aromatic carbocycles. The summed E-state index contributed by atoms with van der Waals surface area (Å²) in [5.41, 5.74) is 0.689. The van der Waals surface area contributed by atoms with Crippen LogP contribution in [0.1, 0.15) is 50.5 Å². The second-order valence-corrected chi connectivity index (χ2v) is 8.37. The molecule has 1 saturated heterocycles. The molecule has 0 aromatic heterocycles. The number of hydrogen-bond acceptors (Lipinski definition) is 5. The van der Waals surface area contributed by atoms with Crippen LogP contribution in [0.5, 0.6) is 0 Å². The molecule has 0 spiro atoms. The van der Waals surface area contributed by atoms with E-state index in [9.17, 15) is 23.6 Å². The van der Waals surface area contributed by atoms with Gasteiger partial charge in [-0.25, -0.2) is 4.39 Å². The van der Waals surface area contributed by atoms with Gasteiger partial charge in [-0.15, -0.1) is 0 Å². The summed E-state index contributed by atoms with van der Waals surface area (Å²) in [6, 6.07) is 4.07. The van der Waals surface area contributed by atoms with Gasteiger partial charge in [0.05, 0.1) is 6.21 Å². The van der Waals surface area contributed by atoms with Crippen molar-refractivity contribution in [3.8, 4) is 0 Å². The fourth-order valence-corrected chi connectivity index (χ4v) is 3.84. The Morgan fingerprint density at radius 2 is 1.84 bits per heavy atom. The van der Waals surface area contributed by atoms with E-state index in [0.29, 0.717) is 24.7 Å². The predicted molar refractivity (Wildman–Crippen MR) is 115 cm³/mol. The number of rotatable bonds is 10. The Balaban J connectivity index is 1.64. The molecule has 2 fully saturated rings. The second kappa shape index (κ2) is 11.0. The molecule has 1 aliphatic heterocycles. The Morgan fingerprint density at radius 1 is 1.12 bits per heavy atom. The maximum atomic E-state index is 13.1. The Hall–Kier alpha value is -3.10. The molecule has 1 heterocycles. The number of benzene rings is 1. The third kappa shape index (κ3) is 6.45. The van der Waals surface area contributed by atoms with Crippen LogP contribution in [0.25, 0.3) is 0 Å². The molecule has 2 atom stereocenters. The minimum Gasteiger partial charge on any atom is -0.350 e. The molecular weight excluding hydrogens is 415 g/mol. The molecule has 3 amide bonds. The first kappa shape index (κ1) is 23.6. The van der Waals surface area contributed by atoms with Crippen LogP contribution in [0.2, 0.25) is 0 Å². The Kier molecular flexibility index (Phi) is 8.08. The smallest absolute Gasteiger partial charge is 0.243 e. The molecule has 172 valence electrons. The number of carbonyl (C=O) groups is 4. The highest BCUT2D eigenvalue weighted by Gasteiger charge is 2.40. The summed E-state index contributed by atoms with van der Waals surface area (Å²) >= 11 is 0. The van der Waals surface area contributed by atoms with Gasteiger partial charge in [0, 0.05) is 25.4 Å². The molecule has 3 N–H and O–H groups in total. The van der Waals surface area contributed by atoms with Crippen molar-refractivity contribution in [1.82, 2.24) is 15.5 Å². The zero-order valence-corrected chi connectivity index (χ0v) is 17.9. The quantitative estimate of drug-likeness (QED) is 0.476. The molecule has 2 aliphatic rings. The number of ketones is 1. The van der Waals surface area contributed by atoms with Crippen LogP contribution >= 0.6 is 0 Å². The van der Waals surface area contributed by atoms with Crippen molar-refractivity contribution in [2.45, 2.75) is 63.6 Å². The normalized spacial score (nSPS) is 19.0. The van der Waals surface area contributed by atoms with Crippen LogP contribution in [0.15, 0.2) is 24.3 Å². The van der Waals surface area contributed by atoms with Crippen LogP contribution in [-0.4, -0.2) is 53.2 Å². The van der Waals surface area contributed by atoms with E-state index in [1.54, 1.807) is 17.0 Å². The number of amides is 3. The topological polar surface area (TPSA) is 119 Å². The zero-order chi connectivity index (χ0) is 23.1. The summed E-state index contributed by atoms with van der Waals surface area (Å²) < 4.78 is 13.1. The molecule has 0 radical (unpaired) electrons. The van der Waals surface area contributed by atoms with Crippen LogP contribution < -0.4 is 10.6 Å².